The van der Waals surface area contributed by atoms with Gasteiger partial charge in [0.25, 0.3) is 0 Å². The number of nitrogens with zero attached hydrogens (tertiary/aromatic N) is 1. The van der Waals surface area contributed by atoms with Crippen LogP contribution in [0.2, 0.25) is 0 Å². The molecule has 0 heterocycles. The number of rotatable bonds is 3. The van der Waals surface area contributed by atoms with Crippen LogP contribution in [-0.2, 0) is 10.3 Å². The molecule has 1 saturated carbocycles. The van der Waals surface area contributed by atoms with Gasteiger partial charge >= 0.3 is 0 Å². The third-order valence-electron chi connectivity index (χ3n) is 2.82. The second-order valence-corrected chi connectivity index (χ2v) is 4.22. The summed E-state index contributed by atoms with van der Waals surface area (Å²) in [5.41, 5.74) is 1.44. The predicted molar refractivity (Wildman–Crippen MR) is 60.9 cm³/mol. The van der Waals surface area contributed by atoms with E-state index in [1.807, 2.05) is 12.1 Å². The molecular formula is C12H11ClN2O. The van der Waals surface area contributed by atoms with Gasteiger partial charge in [-0.1, -0.05) is 12.1 Å². The van der Waals surface area contributed by atoms with Crippen LogP contribution in [0, 0.1) is 11.3 Å². The van der Waals surface area contributed by atoms with Crippen LogP contribution < -0.4 is 5.32 Å². The monoisotopic (exact) mass is 234 g/mol. The van der Waals surface area contributed by atoms with E-state index in [1.165, 1.54) is 0 Å². The topological polar surface area (TPSA) is 52.9 Å². The molecule has 0 radical (unpaired) electrons. The molecule has 1 amide bonds. The van der Waals surface area contributed by atoms with Gasteiger partial charge in [0.1, 0.15) is 5.88 Å². The third-order valence-corrected chi connectivity index (χ3v) is 3.06. The SMILES string of the molecule is N#Cc1ccc(C2(NC(=O)CCl)CC2)cc1. The number of amides is 1. The van der Waals surface area contributed by atoms with E-state index in [4.69, 9.17) is 16.9 Å². The molecule has 1 fully saturated rings. The largest absolute Gasteiger partial charge is 0.346 e. The molecule has 0 spiro atoms. The van der Waals surface area contributed by atoms with E-state index >= 15 is 0 Å². The first-order chi connectivity index (χ1) is 7.70. The van der Waals surface area contributed by atoms with E-state index in [1.54, 1.807) is 12.1 Å². The summed E-state index contributed by atoms with van der Waals surface area (Å²) in [6.07, 6.45) is 1.86. The van der Waals surface area contributed by atoms with Crippen molar-refractivity contribution in [3.05, 3.63) is 35.4 Å². The number of benzene rings is 1. The van der Waals surface area contributed by atoms with Gasteiger partial charge < -0.3 is 5.32 Å². The molecule has 1 aliphatic rings. The fraction of sp³-hybridized carbons (Fsp3) is 0.333. The van der Waals surface area contributed by atoms with Crippen molar-refractivity contribution in [2.75, 3.05) is 5.88 Å². The molecular weight excluding hydrogens is 224 g/mol. The Hall–Kier alpha value is -1.53. The summed E-state index contributed by atoms with van der Waals surface area (Å²) < 4.78 is 0. The highest BCUT2D eigenvalue weighted by molar-refractivity contribution is 6.27. The highest BCUT2D eigenvalue weighted by Crippen LogP contribution is 2.45. The molecule has 2 rings (SSSR count). The maximum atomic E-state index is 11.3. The number of nitrogens with one attached hydrogen (secondary N) is 1. The molecule has 4 heteroatoms. The van der Waals surface area contributed by atoms with Crippen LogP contribution in [-0.4, -0.2) is 11.8 Å². The van der Waals surface area contributed by atoms with E-state index in [0.717, 1.165) is 18.4 Å². The number of hydrogen-bond acceptors (Lipinski definition) is 2. The van der Waals surface area contributed by atoms with Gasteiger partial charge in [0.05, 0.1) is 17.2 Å². The molecule has 0 unspecified atom stereocenters. The molecule has 3 nitrogen and oxygen atoms in total. The molecule has 0 aliphatic heterocycles. The molecule has 0 bridgehead atoms. The molecule has 82 valence electrons. The van der Waals surface area contributed by atoms with Crippen molar-refractivity contribution in [3.8, 4) is 6.07 Å². The number of carbonyl (C=O) groups is 1. The summed E-state index contributed by atoms with van der Waals surface area (Å²) in [5.74, 6) is -0.165. The summed E-state index contributed by atoms with van der Waals surface area (Å²) in [6.45, 7) is 0. The first-order valence-corrected chi connectivity index (χ1v) is 5.61. The lowest BCUT2D eigenvalue weighted by Crippen LogP contribution is -2.35. The van der Waals surface area contributed by atoms with Crippen LogP contribution in [0.1, 0.15) is 24.0 Å². The maximum absolute atomic E-state index is 11.3. The van der Waals surface area contributed by atoms with Crippen molar-refractivity contribution in [2.45, 2.75) is 18.4 Å². The Labute approximate surface area is 99.0 Å². The summed E-state index contributed by atoms with van der Waals surface area (Å²) >= 11 is 5.47. The number of alkyl halides is 1. The van der Waals surface area contributed by atoms with Gasteiger partial charge in [0, 0.05) is 0 Å². The summed E-state index contributed by atoms with van der Waals surface area (Å²) in [6, 6.07) is 9.38. The Morgan fingerprint density at radius 1 is 1.44 bits per heavy atom. The quantitative estimate of drug-likeness (QED) is 0.813. The minimum absolute atomic E-state index is 0.0158. The molecule has 1 N–H and O–H groups in total. The van der Waals surface area contributed by atoms with Crippen molar-refractivity contribution in [2.24, 2.45) is 0 Å². The van der Waals surface area contributed by atoms with E-state index in [-0.39, 0.29) is 17.3 Å². The van der Waals surface area contributed by atoms with Gasteiger partial charge in [-0.3, -0.25) is 4.79 Å². The van der Waals surface area contributed by atoms with Gasteiger partial charge in [0.15, 0.2) is 0 Å². The van der Waals surface area contributed by atoms with Crippen LogP contribution >= 0.6 is 11.6 Å². The lowest BCUT2D eigenvalue weighted by Gasteiger charge is -2.17. The normalized spacial score (nSPS) is 16.2. The second-order valence-electron chi connectivity index (χ2n) is 3.95. The van der Waals surface area contributed by atoms with Crippen molar-refractivity contribution in [1.29, 1.82) is 5.26 Å². The van der Waals surface area contributed by atoms with E-state index in [2.05, 4.69) is 11.4 Å². The molecule has 1 aliphatic carbocycles. The molecule has 0 saturated heterocycles. The zero-order valence-electron chi connectivity index (χ0n) is 8.66. The van der Waals surface area contributed by atoms with Gasteiger partial charge in [0.2, 0.25) is 5.91 Å². The zero-order valence-corrected chi connectivity index (χ0v) is 9.42. The van der Waals surface area contributed by atoms with E-state index in [9.17, 15) is 4.79 Å². The Morgan fingerprint density at radius 3 is 2.50 bits per heavy atom. The fourth-order valence-corrected chi connectivity index (χ4v) is 1.84. The second kappa shape index (κ2) is 4.15. The number of halogens is 1. The third kappa shape index (κ3) is 2.02. The Bertz CT molecular complexity index is 443. The molecule has 1 aromatic carbocycles. The van der Waals surface area contributed by atoms with Crippen LogP contribution in [0.4, 0.5) is 0 Å². The lowest BCUT2D eigenvalue weighted by molar-refractivity contribution is -0.119. The summed E-state index contributed by atoms with van der Waals surface area (Å²) in [5, 5.41) is 11.6. The number of hydrogen-bond donors (Lipinski definition) is 1. The Balaban J connectivity index is 2.17. The molecule has 0 atom stereocenters. The average Bonchev–Trinajstić information content (AvgIpc) is 3.10. The first kappa shape index (κ1) is 11.0. The van der Waals surface area contributed by atoms with Crippen molar-refractivity contribution in [1.82, 2.24) is 5.32 Å². The van der Waals surface area contributed by atoms with Crippen molar-refractivity contribution < 1.29 is 4.79 Å². The van der Waals surface area contributed by atoms with Crippen LogP contribution in [0.5, 0.6) is 0 Å². The molecule has 1 aromatic rings. The van der Waals surface area contributed by atoms with Gasteiger partial charge in [-0.2, -0.15) is 5.26 Å². The maximum Gasteiger partial charge on any atom is 0.235 e. The van der Waals surface area contributed by atoms with Crippen molar-refractivity contribution in [3.63, 3.8) is 0 Å². The minimum Gasteiger partial charge on any atom is -0.346 e. The highest BCUT2D eigenvalue weighted by Gasteiger charge is 2.45. The van der Waals surface area contributed by atoms with E-state index < -0.39 is 0 Å². The smallest absolute Gasteiger partial charge is 0.235 e. The Kier molecular flexibility index (Phi) is 2.84. The van der Waals surface area contributed by atoms with Crippen LogP contribution in [0.25, 0.3) is 0 Å². The van der Waals surface area contributed by atoms with Crippen LogP contribution in [0.15, 0.2) is 24.3 Å². The highest BCUT2D eigenvalue weighted by atomic mass is 35.5. The van der Waals surface area contributed by atoms with Crippen molar-refractivity contribution >= 4 is 17.5 Å². The van der Waals surface area contributed by atoms with E-state index in [0.29, 0.717) is 5.56 Å². The minimum atomic E-state index is -0.236. The van der Waals surface area contributed by atoms with Gasteiger partial charge in [-0.05, 0) is 30.5 Å². The van der Waals surface area contributed by atoms with Gasteiger partial charge in [-0.25, -0.2) is 0 Å². The molecule has 16 heavy (non-hydrogen) atoms. The number of nitriles is 1. The standard InChI is InChI=1S/C12H11ClN2O/c13-7-11(16)15-12(5-6-12)10-3-1-9(8-14)2-4-10/h1-4H,5-7H2,(H,15,16). The first-order valence-electron chi connectivity index (χ1n) is 5.08. The average molecular weight is 235 g/mol. The van der Waals surface area contributed by atoms with Crippen LogP contribution in [0.3, 0.4) is 0 Å². The number of carbonyl (C=O) groups excluding carboxylic acids is 1. The predicted octanol–water partition coefficient (Wildman–Crippen LogP) is 1.90. The lowest BCUT2D eigenvalue weighted by atomic mass is 10.0. The summed E-state index contributed by atoms with van der Waals surface area (Å²) in [4.78, 5) is 11.3. The Morgan fingerprint density at radius 2 is 2.06 bits per heavy atom. The molecule has 0 aromatic heterocycles. The van der Waals surface area contributed by atoms with Gasteiger partial charge in [-0.15, -0.1) is 11.6 Å². The summed E-state index contributed by atoms with van der Waals surface area (Å²) in [7, 11) is 0. The fourth-order valence-electron chi connectivity index (χ4n) is 1.77. The zero-order chi connectivity index (χ0) is 11.6.